The van der Waals surface area contributed by atoms with Crippen molar-refractivity contribution >= 4 is 33.2 Å². The molecule has 1 heterocycles. The maximum Gasteiger partial charge on any atom is 0.243 e. The average Bonchev–Trinajstić information content (AvgIpc) is 2.50. The summed E-state index contributed by atoms with van der Waals surface area (Å²) in [6, 6.07) is 8.25. The predicted molar refractivity (Wildman–Crippen MR) is 90.1 cm³/mol. The number of benzene rings is 1. The van der Waals surface area contributed by atoms with Crippen LogP contribution in [-0.2, 0) is 27.9 Å². The van der Waals surface area contributed by atoms with Crippen LogP contribution in [0.25, 0.3) is 0 Å². The van der Waals surface area contributed by atoms with Gasteiger partial charge in [-0.25, -0.2) is 8.42 Å². The molecule has 0 spiro atoms. The van der Waals surface area contributed by atoms with E-state index in [2.05, 4.69) is 4.98 Å². The fourth-order valence-corrected chi connectivity index (χ4v) is 3.83. The zero-order valence-electron chi connectivity index (χ0n) is 12.7. The maximum atomic E-state index is 12.8. The highest BCUT2D eigenvalue weighted by atomic mass is 35.5. The van der Waals surface area contributed by atoms with E-state index in [4.69, 9.17) is 27.9 Å². The van der Waals surface area contributed by atoms with Crippen molar-refractivity contribution in [1.29, 1.82) is 0 Å². The van der Waals surface area contributed by atoms with E-state index in [1.165, 1.54) is 30.7 Å². The summed E-state index contributed by atoms with van der Waals surface area (Å²) in [4.78, 5) is 4.29. The number of ether oxygens (including phenoxy) is 1. The molecule has 0 unspecified atom stereocenters. The molecule has 2 aromatic rings. The number of sulfonamides is 1. The third-order valence-electron chi connectivity index (χ3n) is 3.22. The van der Waals surface area contributed by atoms with Crippen LogP contribution in [0, 0.1) is 0 Å². The van der Waals surface area contributed by atoms with Gasteiger partial charge in [-0.1, -0.05) is 41.4 Å². The second kappa shape index (κ2) is 7.59. The molecule has 5 nitrogen and oxygen atoms in total. The summed E-state index contributed by atoms with van der Waals surface area (Å²) in [5.74, 6) is 0. The van der Waals surface area contributed by atoms with Gasteiger partial charge in [0, 0.05) is 20.4 Å². The van der Waals surface area contributed by atoms with Crippen molar-refractivity contribution in [2.24, 2.45) is 0 Å². The highest BCUT2D eigenvalue weighted by molar-refractivity contribution is 7.89. The van der Waals surface area contributed by atoms with E-state index in [0.29, 0.717) is 21.3 Å². The lowest BCUT2D eigenvalue weighted by atomic mass is 10.2. The molecule has 0 fully saturated rings. The molecule has 0 aliphatic rings. The molecule has 0 saturated carbocycles. The van der Waals surface area contributed by atoms with E-state index in [0.717, 1.165) is 0 Å². The van der Waals surface area contributed by atoms with E-state index in [-0.39, 0.29) is 18.0 Å². The molecule has 124 valence electrons. The second-order valence-corrected chi connectivity index (χ2v) is 7.74. The normalized spacial score (nSPS) is 11.9. The fourth-order valence-electron chi connectivity index (χ4n) is 2.05. The molecular formula is C15H16Cl2N2O3S. The van der Waals surface area contributed by atoms with Crippen LogP contribution in [0.2, 0.25) is 10.0 Å². The van der Waals surface area contributed by atoms with Gasteiger partial charge in [0.15, 0.2) is 0 Å². The number of hydrogen-bond donors (Lipinski definition) is 0. The van der Waals surface area contributed by atoms with Crippen LogP contribution in [0.4, 0.5) is 0 Å². The van der Waals surface area contributed by atoms with Gasteiger partial charge in [-0.3, -0.25) is 4.98 Å². The molecule has 0 amide bonds. The molecule has 1 aromatic carbocycles. The largest absolute Gasteiger partial charge is 0.380 e. The number of methoxy groups -OCH3 is 1. The molecule has 0 N–H and O–H groups in total. The number of hydrogen-bond acceptors (Lipinski definition) is 4. The second-order valence-electron chi connectivity index (χ2n) is 4.88. The van der Waals surface area contributed by atoms with Crippen molar-refractivity contribution in [3.8, 4) is 0 Å². The summed E-state index contributed by atoms with van der Waals surface area (Å²) >= 11 is 11.9. The third kappa shape index (κ3) is 4.22. The van der Waals surface area contributed by atoms with E-state index in [1.54, 1.807) is 24.3 Å². The Morgan fingerprint density at radius 2 is 1.96 bits per heavy atom. The minimum Gasteiger partial charge on any atom is -0.380 e. The van der Waals surface area contributed by atoms with Crippen LogP contribution in [0.15, 0.2) is 41.4 Å². The minimum atomic E-state index is -3.70. The molecule has 0 bridgehead atoms. The first kappa shape index (κ1) is 18.2. The van der Waals surface area contributed by atoms with Crippen LogP contribution in [0.5, 0.6) is 0 Å². The number of nitrogens with zero attached hydrogens (tertiary/aromatic N) is 2. The van der Waals surface area contributed by atoms with E-state index in [9.17, 15) is 8.42 Å². The molecule has 0 aliphatic heterocycles. The predicted octanol–water partition coefficient (Wildman–Crippen LogP) is 3.36. The molecule has 8 heteroatoms. The van der Waals surface area contributed by atoms with E-state index >= 15 is 0 Å². The fraction of sp³-hybridized carbons (Fsp3) is 0.267. The molecule has 0 aliphatic carbocycles. The quantitative estimate of drug-likeness (QED) is 0.777. The Bertz CT molecular complexity index is 797. The monoisotopic (exact) mass is 374 g/mol. The van der Waals surface area contributed by atoms with Gasteiger partial charge < -0.3 is 4.74 Å². The van der Waals surface area contributed by atoms with Gasteiger partial charge >= 0.3 is 0 Å². The zero-order valence-corrected chi connectivity index (χ0v) is 15.0. The van der Waals surface area contributed by atoms with Gasteiger partial charge in [0.05, 0.1) is 33.8 Å². The zero-order chi connectivity index (χ0) is 17.0. The summed E-state index contributed by atoms with van der Waals surface area (Å²) in [5.41, 5.74) is 1.03. The van der Waals surface area contributed by atoms with Crippen molar-refractivity contribution in [2.45, 2.75) is 18.0 Å². The summed E-state index contributed by atoms with van der Waals surface area (Å²) < 4.78 is 31.8. The highest BCUT2D eigenvalue weighted by Gasteiger charge is 2.24. The highest BCUT2D eigenvalue weighted by Crippen LogP contribution is 2.24. The van der Waals surface area contributed by atoms with Gasteiger partial charge in [0.1, 0.15) is 0 Å². The summed E-state index contributed by atoms with van der Waals surface area (Å²) in [6.45, 7) is 0.253. The lowest BCUT2D eigenvalue weighted by molar-refractivity contribution is 0.182. The Labute approximate surface area is 145 Å². The molecule has 1 aromatic heterocycles. The smallest absolute Gasteiger partial charge is 0.243 e. The molecule has 0 saturated heterocycles. The molecule has 0 radical (unpaired) electrons. The lowest BCUT2D eigenvalue weighted by Gasteiger charge is -2.19. The van der Waals surface area contributed by atoms with Crippen LogP contribution in [0.1, 0.15) is 11.3 Å². The average molecular weight is 375 g/mol. The van der Waals surface area contributed by atoms with Crippen LogP contribution in [-0.4, -0.2) is 31.9 Å². The Hall–Kier alpha value is -1.18. The van der Waals surface area contributed by atoms with Gasteiger partial charge in [0.2, 0.25) is 10.0 Å². The summed E-state index contributed by atoms with van der Waals surface area (Å²) in [7, 11) is -0.699. The number of pyridine rings is 1. The standard InChI is InChI=1S/C15H16Cl2N2O3S/c1-19(9-14-13(17)7-12(16)8-18-14)23(20,21)15-6-4-3-5-11(15)10-22-2/h3-8H,9-10H2,1-2H3. The van der Waals surface area contributed by atoms with Crippen LogP contribution >= 0.6 is 23.2 Å². The van der Waals surface area contributed by atoms with Gasteiger partial charge in [-0.2, -0.15) is 4.31 Å². The van der Waals surface area contributed by atoms with Crippen LogP contribution in [0.3, 0.4) is 0 Å². The Morgan fingerprint density at radius 1 is 1.26 bits per heavy atom. The van der Waals surface area contributed by atoms with Crippen molar-refractivity contribution < 1.29 is 13.2 Å². The maximum absolute atomic E-state index is 12.8. The van der Waals surface area contributed by atoms with Crippen molar-refractivity contribution in [2.75, 3.05) is 14.2 Å². The Morgan fingerprint density at radius 3 is 2.61 bits per heavy atom. The summed E-state index contributed by atoms with van der Waals surface area (Å²) in [5, 5.41) is 0.722. The van der Waals surface area contributed by atoms with Crippen molar-refractivity contribution in [1.82, 2.24) is 9.29 Å². The minimum absolute atomic E-state index is 0.0413. The van der Waals surface area contributed by atoms with Crippen LogP contribution < -0.4 is 0 Å². The molecule has 23 heavy (non-hydrogen) atoms. The van der Waals surface area contributed by atoms with Gasteiger partial charge in [-0.15, -0.1) is 0 Å². The number of aromatic nitrogens is 1. The molecule has 0 atom stereocenters. The lowest BCUT2D eigenvalue weighted by Crippen LogP contribution is -2.28. The third-order valence-corrected chi connectivity index (χ3v) is 5.65. The first-order valence-corrected chi connectivity index (χ1v) is 8.89. The molecule has 2 rings (SSSR count). The SMILES string of the molecule is COCc1ccccc1S(=O)(=O)N(C)Cc1ncc(Cl)cc1Cl. The van der Waals surface area contributed by atoms with Gasteiger partial charge in [0.25, 0.3) is 0 Å². The topological polar surface area (TPSA) is 59.5 Å². The first-order chi connectivity index (χ1) is 10.9. The first-order valence-electron chi connectivity index (χ1n) is 6.69. The number of rotatable bonds is 6. The van der Waals surface area contributed by atoms with Crippen molar-refractivity contribution in [3.63, 3.8) is 0 Å². The van der Waals surface area contributed by atoms with E-state index < -0.39 is 10.0 Å². The Balaban J connectivity index is 2.32. The van der Waals surface area contributed by atoms with E-state index in [1.807, 2.05) is 0 Å². The molecular weight excluding hydrogens is 359 g/mol. The Kier molecular flexibility index (Phi) is 6.00. The summed E-state index contributed by atoms with van der Waals surface area (Å²) in [6.07, 6.45) is 1.43. The van der Waals surface area contributed by atoms with Crippen molar-refractivity contribution in [3.05, 3.63) is 57.8 Å². The number of halogens is 2. The van der Waals surface area contributed by atoms with Gasteiger partial charge in [-0.05, 0) is 17.7 Å².